The Bertz CT molecular complexity index is 1030. The predicted molar refractivity (Wildman–Crippen MR) is 152 cm³/mol. The first-order valence-electron chi connectivity index (χ1n) is 13.9. The number of carbonyl (C=O) groups excluding carboxylic acids is 3. The summed E-state index contributed by atoms with van der Waals surface area (Å²) in [6.45, 7) is 15.1. The zero-order chi connectivity index (χ0) is 31.4. The van der Waals surface area contributed by atoms with Gasteiger partial charge in [0.2, 0.25) is 0 Å². The first-order chi connectivity index (χ1) is 18.9. The summed E-state index contributed by atoms with van der Waals surface area (Å²) in [6.07, 6.45) is 0.195. The average molecular weight is 582 g/mol. The van der Waals surface area contributed by atoms with Gasteiger partial charge >= 0.3 is 24.2 Å². The molecule has 0 amide bonds. The number of carboxylic acid groups (broad SMARTS) is 1. The van der Waals surface area contributed by atoms with Crippen molar-refractivity contribution >= 4 is 24.2 Å². The lowest BCUT2D eigenvalue weighted by Gasteiger charge is -2.25. The Kier molecular flexibility index (Phi) is 14.1. The van der Waals surface area contributed by atoms with Gasteiger partial charge in [-0.05, 0) is 48.3 Å². The molecule has 0 aliphatic rings. The summed E-state index contributed by atoms with van der Waals surface area (Å²) in [6, 6.07) is 2.83. The van der Waals surface area contributed by atoms with Gasteiger partial charge in [0.1, 0.15) is 6.04 Å². The summed E-state index contributed by atoms with van der Waals surface area (Å²) in [5.41, 5.74) is 5.76. The van der Waals surface area contributed by atoms with Crippen LogP contribution in [0.3, 0.4) is 0 Å². The molecule has 3 atom stereocenters. The molecule has 0 aromatic heterocycles. The molecular formula is C30H47NO10. The minimum Gasteiger partial charge on any atom is -0.480 e. The summed E-state index contributed by atoms with van der Waals surface area (Å²) in [5, 5.41) is 9.69. The summed E-state index contributed by atoms with van der Waals surface area (Å²) >= 11 is 0. The lowest BCUT2D eigenvalue weighted by atomic mass is 9.87. The smallest absolute Gasteiger partial charge is 0.480 e. The Morgan fingerprint density at radius 2 is 1.41 bits per heavy atom. The van der Waals surface area contributed by atoms with Crippen LogP contribution in [0.4, 0.5) is 9.59 Å². The second-order valence-corrected chi connectivity index (χ2v) is 12.6. The SMILES string of the molecule is CCCCCC(=O)OC(C)CC(c1ccc(OC(=O)OCC(C)(C)C)c(OC(=O)OCC(C)(C)C)c1)[C@H](N)C(=O)O. The van der Waals surface area contributed by atoms with Crippen LogP contribution in [0.1, 0.15) is 99.0 Å². The highest BCUT2D eigenvalue weighted by atomic mass is 16.7. The van der Waals surface area contributed by atoms with Crippen molar-refractivity contribution in [2.45, 2.75) is 106 Å². The van der Waals surface area contributed by atoms with Gasteiger partial charge in [-0.2, -0.15) is 0 Å². The van der Waals surface area contributed by atoms with Crippen LogP contribution >= 0.6 is 0 Å². The number of hydrogen-bond donors (Lipinski definition) is 2. The molecule has 0 saturated heterocycles. The average Bonchev–Trinajstić information content (AvgIpc) is 2.84. The fraction of sp³-hybridized carbons (Fsp3) is 0.667. The van der Waals surface area contributed by atoms with Crippen molar-refractivity contribution in [3.8, 4) is 11.5 Å². The van der Waals surface area contributed by atoms with Crippen LogP contribution in [-0.4, -0.2) is 54.7 Å². The van der Waals surface area contributed by atoms with Crippen molar-refractivity contribution in [3.63, 3.8) is 0 Å². The standard InChI is InChI=1S/C30H47NO10/c1-9-10-11-12-24(32)39-19(2)15-21(25(31)26(33)34)20-13-14-22(40-27(35)37-17-29(3,4)5)23(16-20)41-28(36)38-18-30(6,7)8/h13-14,16,19,21,25H,9-12,15,17-18,31H2,1-8H3,(H,33,34)/t19?,21?,25-/m0/s1. The Balaban J connectivity index is 3.29. The number of aliphatic carboxylic acids is 1. The molecule has 0 aliphatic heterocycles. The fourth-order valence-electron chi connectivity index (χ4n) is 3.58. The van der Waals surface area contributed by atoms with Crippen LogP contribution in [-0.2, 0) is 23.8 Å². The zero-order valence-electron chi connectivity index (χ0n) is 25.6. The largest absolute Gasteiger partial charge is 0.513 e. The van der Waals surface area contributed by atoms with E-state index in [0.29, 0.717) is 12.0 Å². The van der Waals surface area contributed by atoms with E-state index in [0.717, 1.165) is 12.8 Å². The lowest BCUT2D eigenvalue weighted by Crippen LogP contribution is -2.38. The molecule has 41 heavy (non-hydrogen) atoms. The second-order valence-electron chi connectivity index (χ2n) is 12.6. The minimum absolute atomic E-state index is 0.0585. The van der Waals surface area contributed by atoms with Gasteiger partial charge < -0.3 is 34.5 Å². The van der Waals surface area contributed by atoms with Gasteiger partial charge in [0.25, 0.3) is 0 Å². The molecular weight excluding hydrogens is 534 g/mol. The lowest BCUT2D eigenvalue weighted by molar-refractivity contribution is -0.149. The van der Waals surface area contributed by atoms with E-state index in [4.69, 9.17) is 29.4 Å². The quantitative estimate of drug-likeness (QED) is 0.111. The van der Waals surface area contributed by atoms with Crippen LogP contribution in [0.15, 0.2) is 18.2 Å². The van der Waals surface area contributed by atoms with Gasteiger partial charge in [-0.15, -0.1) is 0 Å². The molecule has 0 bridgehead atoms. The highest BCUT2D eigenvalue weighted by molar-refractivity contribution is 5.75. The predicted octanol–water partition coefficient (Wildman–Crippen LogP) is 6.21. The van der Waals surface area contributed by atoms with E-state index in [1.807, 2.05) is 48.5 Å². The molecule has 0 spiro atoms. The van der Waals surface area contributed by atoms with Gasteiger partial charge in [-0.25, -0.2) is 9.59 Å². The van der Waals surface area contributed by atoms with Crippen LogP contribution in [0, 0.1) is 10.8 Å². The molecule has 2 unspecified atom stereocenters. The number of ether oxygens (including phenoxy) is 5. The van der Waals surface area contributed by atoms with E-state index in [1.54, 1.807) is 6.92 Å². The van der Waals surface area contributed by atoms with Crippen LogP contribution < -0.4 is 15.2 Å². The maximum atomic E-state index is 12.5. The van der Waals surface area contributed by atoms with Crippen molar-refractivity contribution < 1.29 is 48.0 Å². The Morgan fingerprint density at radius 3 is 1.90 bits per heavy atom. The molecule has 0 radical (unpaired) electrons. The summed E-state index contributed by atoms with van der Waals surface area (Å²) in [4.78, 5) is 48.9. The first kappa shape index (κ1) is 35.7. The number of hydrogen-bond acceptors (Lipinski definition) is 10. The topological polar surface area (TPSA) is 161 Å². The van der Waals surface area contributed by atoms with Gasteiger partial charge in [0.05, 0.1) is 19.3 Å². The van der Waals surface area contributed by atoms with E-state index >= 15 is 0 Å². The van der Waals surface area contributed by atoms with Crippen molar-refractivity contribution in [3.05, 3.63) is 23.8 Å². The molecule has 11 nitrogen and oxygen atoms in total. The van der Waals surface area contributed by atoms with Gasteiger partial charge in [0.15, 0.2) is 11.5 Å². The molecule has 1 aromatic carbocycles. The van der Waals surface area contributed by atoms with Crippen molar-refractivity contribution in [2.24, 2.45) is 16.6 Å². The third kappa shape index (κ3) is 14.7. The van der Waals surface area contributed by atoms with Crippen LogP contribution in [0.25, 0.3) is 0 Å². The van der Waals surface area contributed by atoms with E-state index in [2.05, 4.69) is 0 Å². The summed E-state index contributed by atoms with van der Waals surface area (Å²) < 4.78 is 26.5. The number of carboxylic acids is 1. The third-order valence-electron chi connectivity index (χ3n) is 5.65. The first-order valence-corrected chi connectivity index (χ1v) is 13.9. The maximum Gasteiger partial charge on any atom is 0.513 e. The summed E-state index contributed by atoms with van der Waals surface area (Å²) in [7, 11) is 0. The Hall–Kier alpha value is -3.34. The fourth-order valence-corrected chi connectivity index (χ4v) is 3.58. The van der Waals surface area contributed by atoms with E-state index in [1.165, 1.54) is 18.2 Å². The molecule has 0 saturated carbocycles. The maximum absolute atomic E-state index is 12.5. The molecule has 1 aromatic rings. The van der Waals surface area contributed by atoms with Gasteiger partial charge in [0, 0.05) is 12.3 Å². The number of esters is 1. The van der Waals surface area contributed by atoms with Crippen molar-refractivity contribution in [1.82, 2.24) is 0 Å². The number of unbranched alkanes of at least 4 members (excludes halogenated alkanes) is 2. The number of rotatable bonds is 14. The third-order valence-corrected chi connectivity index (χ3v) is 5.65. The molecule has 1 rings (SSSR count). The van der Waals surface area contributed by atoms with Crippen molar-refractivity contribution in [1.29, 1.82) is 0 Å². The van der Waals surface area contributed by atoms with E-state index < -0.39 is 36.3 Å². The zero-order valence-corrected chi connectivity index (χ0v) is 25.6. The Labute approximate surface area is 243 Å². The molecule has 3 N–H and O–H groups in total. The van der Waals surface area contributed by atoms with Crippen molar-refractivity contribution in [2.75, 3.05) is 13.2 Å². The van der Waals surface area contributed by atoms with E-state index in [9.17, 15) is 24.3 Å². The molecule has 11 heteroatoms. The second kappa shape index (κ2) is 16.2. The van der Waals surface area contributed by atoms with Gasteiger partial charge in [-0.3, -0.25) is 9.59 Å². The van der Waals surface area contributed by atoms with Gasteiger partial charge in [-0.1, -0.05) is 67.4 Å². The number of benzene rings is 1. The molecule has 232 valence electrons. The minimum atomic E-state index is -1.37. The van der Waals surface area contributed by atoms with Crippen LogP contribution in [0.5, 0.6) is 11.5 Å². The number of nitrogens with two attached hydrogens (primary N) is 1. The molecule has 0 heterocycles. The highest BCUT2D eigenvalue weighted by Crippen LogP contribution is 2.35. The Morgan fingerprint density at radius 1 is 0.878 bits per heavy atom. The van der Waals surface area contributed by atoms with Crippen LogP contribution in [0.2, 0.25) is 0 Å². The normalized spacial score (nSPS) is 13.9. The van der Waals surface area contributed by atoms with E-state index in [-0.39, 0.29) is 54.4 Å². The summed E-state index contributed by atoms with van der Waals surface area (Å²) in [5.74, 6) is -2.83. The molecule has 0 fully saturated rings. The monoisotopic (exact) mass is 581 g/mol. The highest BCUT2D eigenvalue weighted by Gasteiger charge is 2.30. The number of carbonyl (C=O) groups is 4. The molecule has 0 aliphatic carbocycles.